The number of amides is 2. The van der Waals surface area contributed by atoms with E-state index in [0.717, 1.165) is 4.90 Å². The van der Waals surface area contributed by atoms with Crippen molar-refractivity contribution in [2.45, 2.75) is 24.9 Å². The number of carbonyl (C=O) groups is 4. The van der Waals surface area contributed by atoms with Gasteiger partial charge in [0.05, 0.1) is 13.1 Å². The molecule has 0 aliphatic carbocycles. The number of likely N-dealkylation sites (tertiary alicyclic amines) is 1. The van der Waals surface area contributed by atoms with E-state index in [1.165, 1.54) is 6.92 Å². The zero-order chi connectivity index (χ0) is 14.8. The van der Waals surface area contributed by atoms with Gasteiger partial charge in [0.1, 0.15) is 11.6 Å². The Bertz CT molecular complexity index is 437. The zero-order valence-corrected chi connectivity index (χ0v) is 10.3. The first kappa shape index (κ1) is 14.9. The maximum absolute atomic E-state index is 11.8. The van der Waals surface area contributed by atoms with E-state index in [2.05, 4.69) is 5.32 Å². The monoisotopic (exact) mass is 273 g/mol. The van der Waals surface area contributed by atoms with Gasteiger partial charge in [-0.1, -0.05) is 0 Å². The molecule has 0 unspecified atom stereocenters. The van der Waals surface area contributed by atoms with Crippen molar-refractivity contribution >= 4 is 23.8 Å². The molecule has 2 amide bonds. The lowest BCUT2D eigenvalue weighted by Crippen LogP contribution is -2.51. The fourth-order valence-electron chi connectivity index (χ4n) is 1.87. The molecule has 1 aliphatic heterocycles. The molecule has 106 valence electrons. The van der Waals surface area contributed by atoms with Crippen LogP contribution in [-0.2, 0) is 19.2 Å². The molecule has 5 N–H and O–H groups in total. The quantitative estimate of drug-likeness (QED) is 0.445. The van der Waals surface area contributed by atoms with Gasteiger partial charge < -0.3 is 26.2 Å². The van der Waals surface area contributed by atoms with Crippen LogP contribution < -0.4 is 11.1 Å². The summed E-state index contributed by atoms with van der Waals surface area (Å²) in [6.07, 6.45) is -0.372. The second kappa shape index (κ2) is 5.22. The molecule has 0 aromatic carbocycles. The highest BCUT2D eigenvalue weighted by Gasteiger charge is 2.51. The number of aliphatic carboxylic acids is 2. The van der Waals surface area contributed by atoms with Crippen LogP contribution in [-0.4, -0.2) is 63.5 Å². The van der Waals surface area contributed by atoms with Crippen LogP contribution in [0.4, 0.5) is 0 Å². The molecule has 0 aromatic rings. The first-order valence-electron chi connectivity index (χ1n) is 5.46. The normalized spacial score (nSPS) is 26.0. The lowest BCUT2D eigenvalue weighted by Gasteiger charge is -2.22. The minimum absolute atomic E-state index is 0.372. The topological polar surface area (TPSA) is 150 Å². The number of hydrogen-bond acceptors (Lipinski definition) is 5. The van der Waals surface area contributed by atoms with E-state index >= 15 is 0 Å². The third kappa shape index (κ3) is 3.19. The van der Waals surface area contributed by atoms with Crippen molar-refractivity contribution < 1.29 is 29.4 Å². The molecule has 1 saturated heterocycles. The van der Waals surface area contributed by atoms with Crippen molar-refractivity contribution in [3.63, 3.8) is 0 Å². The summed E-state index contributed by atoms with van der Waals surface area (Å²) < 4.78 is 0. The number of nitrogens with two attached hydrogens (primary N) is 1. The lowest BCUT2D eigenvalue weighted by molar-refractivity contribution is -0.148. The molecule has 1 heterocycles. The van der Waals surface area contributed by atoms with E-state index in [-0.39, 0.29) is 6.42 Å². The van der Waals surface area contributed by atoms with Gasteiger partial charge >= 0.3 is 11.9 Å². The van der Waals surface area contributed by atoms with Crippen LogP contribution in [0, 0.1) is 0 Å². The number of carbonyl (C=O) groups excluding carboxylic acids is 2. The van der Waals surface area contributed by atoms with Crippen LogP contribution in [0.5, 0.6) is 0 Å². The summed E-state index contributed by atoms with van der Waals surface area (Å²) in [5, 5.41) is 20.2. The average Bonchev–Trinajstić information content (AvgIpc) is 2.66. The SMILES string of the molecule is CC(=O)NCC(=O)N1C[C@@](N)(C(=O)O)C[C@H]1C(=O)O. The molecule has 0 saturated carbocycles. The largest absolute Gasteiger partial charge is 0.480 e. The second-order valence-corrected chi connectivity index (χ2v) is 4.45. The minimum Gasteiger partial charge on any atom is -0.480 e. The van der Waals surface area contributed by atoms with Gasteiger partial charge in [-0.2, -0.15) is 0 Å². The summed E-state index contributed by atoms with van der Waals surface area (Å²) in [4.78, 5) is 45.4. The molecule has 0 bridgehead atoms. The fourth-order valence-corrected chi connectivity index (χ4v) is 1.87. The lowest BCUT2D eigenvalue weighted by atomic mass is 9.98. The van der Waals surface area contributed by atoms with Gasteiger partial charge in [-0.15, -0.1) is 0 Å². The van der Waals surface area contributed by atoms with Crippen molar-refractivity contribution in [2.24, 2.45) is 5.73 Å². The fraction of sp³-hybridized carbons (Fsp3) is 0.600. The van der Waals surface area contributed by atoms with Crippen molar-refractivity contribution in [1.29, 1.82) is 0 Å². The molecular formula is C10H15N3O6. The van der Waals surface area contributed by atoms with Crippen LogP contribution in [0.3, 0.4) is 0 Å². The number of rotatable bonds is 4. The van der Waals surface area contributed by atoms with E-state index in [9.17, 15) is 19.2 Å². The summed E-state index contributed by atoms with van der Waals surface area (Å²) >= 11 is 0. The molecule has 19 heavy (non-hydrogen) atoms. The number of carboxylic acid groups (broad SMARTS) is 2. The maximum atomic E-state index is 11.8. The summed E-state index contributed by atoms with van der Waals surface area (Å²) in [6.45, 7) is 0.406. The van der Waals surface area contributed by atoms with Gasteiger partial charge in [-0.3, -0.25) is 14.4 Å². The van der Waals surface area contributed by atoms with E-state index in [4.69, 9.17) is 15.9 Å². The van der Waals surface area contributed by atoms with Crippen LogP contribution in [0.25, 0.3) is 0 Å². The van der Waals surface area contributed by atoms with Crippen LogP contribution in [0.2, 0.25) is 0 Å². The molecule has 9 heteroatoms. The minimum atomic E-state index is -1.78. The van der Waals surface area contributed by atoms with Crippen molar-refractivity contribution in [2.75, 3.05) is 13.1 Å². The summed E-state index contributed by atoms with van der Waals surface area (Å²) in [5.74, 6) is -3.83. The molecule has 0 spiro atoms. The maximum Gasteiger partial charge on any atom is 0.326 e. The Morgan fingerprint density at radius 1 is 1.37 bits per heavy atom. The third-order valence-electron chi connectivity index (χ3n) is 2.91. The van der Waals surface area contributed by atoms with Crippen LogP contribution >= 0.6 is 0 Å². The number of nitrogens with one attached hydrogen (secondary N) is 1. The Labute approximate surface area is 108 Å². The number of hydrogen-bond donors (Lipinski definition) is 4. The van der Waals surface area contributed by atoms with E-state index in [1.807, 2.05) is 0 Å². The van der Waals surface area contributed by atoms with Crippen molar-refractivity contribution in [1.82, 2.24) is 10.2 Å². The van der Waals surface area contributed by atoms with E-state index in [0.29, 0.717) is 0 Å². The van der Waals surface area contributed by atoms with Gasteiger partial charge in [0.25, 0.3) is 0 Å². The van der Waals surface area contributed by atoms with Gasteiger partial charge in [-0.25, -0.2) is 4.79 Å². The van der Waals surface area contributed by atoms with Gasteiger partial charge in [0.15, 0.2) is 0 Å². The molecule has 1 rings (SSSR count). The van der Waals surface area contributed by atoms with E-state index in [1.54, 1.807) is 0 Å². The average molecular weight is 273 g/mol. The molecular weight excluding hydrogens is 258 g/mol. The van der Waals surface area contributed by atoms with Gasteiger partial charge in [0.2, 0.25) is 11.8 Å². The Kier molecular flexibility index (Phi) is 4.10. The molecule has 2 atom stereocenters. The molecule has 0 radical (unpaired) electrons. The third-order valence-corrected chi connectivity index (χ3v) is 2.91. The molecule has 9 nitrogen and oxygen atoms in total. The summed E-state index contributed by atoms with van der Waals surface area (Å²) in [6, 6.07) is -1.30. The van der Waals surface area contributed by atoms with Crippen LogP contribution in [0.1, 0.15) is 13.3 Å². The Hall–Kier alpha value is -2.16. The Balaban J connectivity index is 2.85. The molecule has 0 aromatic heterocycles. The number of nitrogens with zero attached hydrogens (tertiary/aromatic N) is 1. The highest BCUT2D eigenvalue weighted by Crippen LogP contribution is 2.25. The van der Waals surface area contributed by atoms with Gasteiger partial charge in [0, 0.05) is 13.3 Å². The smallest absolute Gasteiger partial charge is 0.326 e. The van der Waals surface area contributed by atoms with E-state index < -0.39 is 48.4 Å². The van der Waals surface area contributed by atoms with Crippen molar-refractivity contribution in [3.05, 3.63) is 0 Å². The molecule has 1 fully saturated rings. The standard InChI is InChI=1S/C10H15N3O6/c1-5(14)12-3-7(15)13-4-10(11,9(18)19)2-6(13)8(16)17/h6H,2-4,11H2,1H3,(H,12,14)(H,16,17)(H,18,19)/t6-,10+/m0/s1. The highest BCUT2D eigenvalue weighted by molar-refractivity contribution is 5.91. The zero-order valence-electron chi connectivity index (χ0n) is 10.3. The summed E-state index contributed by atoms with van der Waals surface area (Å²) in [7, 11) is 0. The Morgan fingerprint density at radius 2 is 1.95 bits per heavy atom. The number of carboxylic acids is 2. The highest BCUT2D eigenvalue weighted by atomic mass is 16.4. The molecule has 1 aliphatic rings. The predicted octanol–water partition coefficient (Wildman–Crippen LogP) is -2.41. The van der Waals surface area contributed by atoms with Gasteiger partial charge in [-0.05, 0) is 0 Å². The second-order valence-electron chi connectivity index (χ2n) is 4.45. The first-order chi connectivity index (χ1) is 8.67. The first-order valence-corrected chi connectivity index (χ1v) is 5.46. The van der Waals surface area contributed by atoms with Crippen LogP contribution in [0.15, 0.2) is 0 Å². The predicted molar refractivity (Wildman–Crippen MR) is 61.0 cm³/mol. The van der Waals surface area contributed by atoms with Crippen molar-refractivity contribution in [3.8, 4) is 0 Å². The summed E-state index contributed by atoms with van der Waals surface area (Å²) in [5.41, 5.74) is 3.79. The Morgan fingerprint density at radius 3 is 2.37 bits per heavy atom.